The fraction of sp³-hybridized carbons (Fsp3) is 0.158. The van der Waals surface area contributed by atoms with Gasteiger partial charge in [-0.2, -0.15) is 0 Å². The van der Waals surface area contributed by atoms with Crippen LogP contribution in [-0.4, -0.2) is 23.1 Å². The normalized spacial score (nSPS) is 15.6. The molecule has 0 spiro atoms. The molecule has 3 aromatic rings. The van der Waals surface area contributed by atoms with Crippen molar-refractivity contribution >= 4 is 22.8 Å². The molecule has 6 heteroatoms. The van der Waals surface area contributed by atoms with Gasteiger partial charge in [0.25, 0.3) is 5.91 Å². The summed E-state index contributed by atoms with van der Waals surface area (Å²) in [5, 5.41) is 12.8. The van der Waals surface area contributed by atoms with Gasteiger partial charge in [-0.25, -0.2) is 4.79 Å². The van der Waals surface area contributed by atoms with Gasteiger partial charge in [0.05, 0.1) is 0 Å². The maximum absolute atomic E-state index is 12.4. The summed E-state index contributed by atoms with van der Waals surface area (Å²) >= 11 is 0. The van der Waals surface area contributed by atoms with E-state index in [4.69, 9.17) is 9.15 Å². The summed E-state index contributed by atoms with van der Waals surface area (Å²) < 4.78 is 11.0. The van der Waals surface area contributed by atoms with Gasteiger partial charge in [0.2, 0.25) is 5.76 Å². The molecule has 126 valence electrons. The van der Waals surface area contributed by atoms with Gasteiger partial charge in [-0.1, -0.05) is 36.4 Å². The van der Waals surface area contributed by atoms with E-state index in [0.717, 1.165) is 5.56 Å². The Kier molecular flexibility index (Phi) is 3.65. The van der Waals surface area contributed by atoms with E-state index in [-0.39, 0.29) is 18.2 Å². The van der Waals surface area contributed by atoms with Crippen LogP contribution in [0, 0.1) is 0 Å². The number of carbonyl (C=O) groups excluding carboxylic acids is 1. The number of carbonyl (C=O) groups is 2. The molecule has 1 aliphatic rings. The number of carboxylic acids is 1. The van der Waals surface area contributed by atoms with E-state index in [0.29, 0.717) is 28.7 Å². The molecule has 0 radical (unpaired) electrons. The number of carboxylic acid groups (broad SMARTS) is 1. The molecule has 0 aliphatic carbocycles. The fourth-order valence-corrected chi connectivity index (χ4v) is 3.06. The summed E-state index contributed by atoms with van der Waals surface area (Å²) in [7, 11) is 0. The van der Waals surface area contributed by atoms with Crippen LogP contribution in [0.2, 0.25) is 0 Å². The summed E-state index contributed by atoms with van der Waals surface area (Å²) in [6.07, 6.45) is -0.108. The molecular formula is C19H15NO5. The van der Waals surface area contributed by atoms with Crippen LogP contribution in [0.4, 0.5) is 0 Å². The molecule has 1 aliphatic heterocycles. The van der Waals surface area contributed by atoms with Gasteiger partial charge in [-0.3, -0.25) is 4.79 Å². The average molecular weight is 337 g/mol. The minimum atomic E-state index is -1.16. The number of rotatable bonds is 4. The van der Waals surface area contributed by atoms with Crippen molar-refractivity contribution in [3.05, 3.63) is 65.4 Å². The van der Waals surface area contributed by atoms with Crippen molar-refractivity contribution in [2.24, 2.45) is 0 Å². The van der Waals surface area contributed by atoms with Crippen molar-refractivity contribution in [1.29, 1.82) is 0 Å². The Morgan fingerprint density at radius 3 is 2.68 bits per heavy atom. The number of furan rings is 1. The number of fused-ring (bicyclic) bond motifs is 2. The van der Waals surface area contributed by atoms with Crippen LogP contribution in [-0.2, 0) is 17.8 Å². The molecular weight excluding hydrogens is 322 g/mol. The van der Waals surface area contributed by atoms with Crippen molar-refractivity contribution in [2.75, 3.05) is 0 Å². The van der Waals surface area contributed by atoms with Gasteiger partial charge in [0.15, 0.2) is 6.10 Å². The lowest BCUT2D eigenvalue weighted by atomic mass is 10.1. The second-order valence-corrected chi connectivity index (χ2v) is 5.85. The average Bonchev–Trinajstić information content (AvgIpc) is 3.21. The zero-order valence-corrected chi connectivity index (χ0v) is 13.2. The monoisotopic (exact) mass is 337 g/mol. The lowest BCUT2D eigenvalue weighted by Crippen LogP contribution is -2.37. The third kappa shape index (κ3) is 2.71. The first-order valence-corrected chi connectivity index (χ1v) is 7.89. The van der Waals surface area contributed by atoms with Gasteiger partial charge in [-0.05, 0) is 17.7 Å². The third-order valence-corrected chi connectivity index (χ3v) is 4.27. The van der Waals surface area contributed by atoms with Crippen molar-refractivity contribution in [2.45, 2.75) is 19.1 Å². The zero-order chi connectivity index (χ0) is 17.4. The Labute approximate surface area is 143 Å². The van der Waals surface area contributed by atoms with E-state index in [1.807, 2.05) is 24.3 Å². The second kappa shape index (κ2) is 5.98. The molecule has 1 atom stereocenters. The molecule has 0 fully saturated rings. The minimum absolute atomic E-state index is 0.0632. The van der Waals surface area contributed by atoms with Crippen LogP contribution >= 0.6 is 0 Å². The molecule has 2 aromatic carbocycles. The highest BCUT2D eigenvalue weighted by atomic mass is 16.5. The maximum Gasteiger partial charge on any atom is 0.372 e. The van der Waals surface area contributed by atoms with Crippen LogP contribution < -0.4 is 10.1 Å². The number of para-hydroxylation sites is 2. The topological polar surface area (TPSA) is 88.8 Å². The lowest BCUT2D eigenvalue weighted by molar-refractivity contribution is -0.127. The number of hydrogen-bond donors (Lipinski definition) is 2. The SMILES string of the molecule is O=C(O)c1oc2ccccc2c1CNC(=O)C1Cc2ccccc2O1. The molecule has 0 saturated carbocycles. The number of ether oxygens (including phenoxy) is 1. The van der Waals surface area contributed by atoms with E-state index in [1.165, 1.54) is 0 Å². The summed E-state index contributed by atoms with van der Waals surface area (Å²) in [5.41, 5.74) is 1.92. The number of aromatic carboxylic acids is 1. The highest BCUT2D eigenvalue weighted by molar-refractivity contribution is 5.95. The molecule has 1 unspecified atom stereocenters. The molecule has 25 heavy (non-hydrogen) atoms. The molecule has 2 N–H and O–H groups in total. The molecule has 2 heterocycles. The fourth-order valence-electron chi connectivity index (χ4n) is 3.06. The maximum atomic E-state index is 12.4. The van der Waals surface area contributed by atoms with Crippen molar-refractivity contribution in [3.8, 4) is 5.75 Å². The van der Waals surface area contributed by atoms with Gasteiger partial charge in [-0.15, -0.1) is 0 Å². The zero-order valence-electron chi connectivity index (χ0n) is 13.2. The summed E-state index contributed by atoms with van der Waals surface area (Å²) in [6.45, 7) is 0.0632. The predicted molar refractivity (Wildman–Crippen MR) is 89.6 cm³/mol. The molecule has 1 amide bonds. The number of hydrogen-bond acceptors (Lipinski definition) is 4. The van der Waals surface area contributed by atoms with Crippen molar-refractivity contribution in [3.63, 3.8) is 0 Å². The first kappa shape index (κ1) is 15.3. The smallest absolute Gasteiger partial charge is 0.372 e. The van der Waals surface area contributed by atoms with E-state index in [9.17, 15) is 14.7 Å². The van der Waals surface area contributed by atoms with E-state index in [2.05, 4.69) is 5.32 Å². The van der Waals surface area contributed by atoms with Gasteiger partial charge in [0.1, 0.15) is 11.3 Å². The van der Waals surface area contributed by atoms with Crippen molar-refractivity contribution in [1.82, 2.24) is 5.32 Å². The largest absolute Gasteiger partial charge is 0.480 e. The van der Waals surface area contributed by atoms with Crippen molar-refractivity contribution < 1.29 is 23.8 Å². The molecule has 1 aromatic heterocycles. The lowest BCUT2D eigenvalue weighted by Gasteiger charge is -2.11. The highest BCUT2D eigenvalue weighted by Gasteiger charge is 2.29. The Morgan fingerprint density at radius 1 is 1.12 bits per heavy atom. The van der Waals surface area contributed by atoms with E-state index in [1.54, 1.807) is 24.3 Å². The highest BCUT2D eigenvalue weighted by Crippen LogP contribution is 2.29. The summed E-state index contributed by atoms with van der Waals surface area (Å²) in [6, 6.07) is 14.5. The van der Waals surface area contributed by atoms with Gasteiger partial charge < -0.3 is 19.6 Å². The Morgan fingerprint density at radius 2 is 1.88 bits per heavy atom. The predicted octanol–water partition coefficient (Wildman–Crippen LogP) is 2.75. The molecule has 4 rings (SSSR count). The Hall–Kier alpha value is -3.28. The Bertz CT molecular complexity index is 950. The van der Waals surface area contributed by atoms with Crippen LogP contribution in [0.15, 0.2) is 52.9 Å². The standard InChI is InChI=1S/C19H15NO5/c21-18(16-9-11-5-1-3-7-14(11)24-16)20-10-13-12-6-2-4-8-15(12)25-17(13)19(22)23/h1-8,16H,9-10H2,(H,20,21)(H,22,23). The van der Waals surface area contributed by atoms with Gasteiger partial charge >= 0.3 is 5.97 Å². The van der Waals surface area contributed by atoms with E-state index < -0.39 is 12.1 Å². The number of amides is 1. The third-order valence-electron chi connectivity index (χ3n) is 4.27. The van der Waals surface area contributed by atoms with E-state index >= 15 is 0 Å². The Balaban J connectivity index is 1.52. The number of nitrogens with one attached hydrogen (secondary N) is 1. The number of benzene rings is 2. The first-order valence-electron chi connectivity index (χ1n) is 7.89. The van der Waals surface area contributed by atoms with Crippen LogP contribution in [0.3, 0.4) is 0 Å². The quantitative estimate of drug-likeness (QED) is 0.764. The molecule has 6 nitrogen and oxygen atoms in total. The van der Waals surface area contributed by atoms with Crippen LogP contribution in [0.1, 0.15) is 21.7 Å². The minimum Gasteiger partial charge on any atom is -0.480 e. The molecule has 0 bridgehead atoms. The first-order chi connectivity index (χ1) is 12.1. The summed E-state index contributed by atoms with van der Waals surface area (Å²) in [5.74, 6) is -0.887. The van der Waals surface area contributed by atoms with Crippen LogP contribution in [0.25, 0.3) is 11.0 Å². The van der Waals surface area contributed by atoms with Crippen LogP contribution in [0.5, 0.6) is 5.75 Å². The summed E-state index contributed by atoms with van der Waals surface area (Å²) in [4.78, 5) is 23.8. The van der Waals surface area contributed by atoms with Gasteiger partial charge in [0, 0.05) is 23.9 Å². The second-order valence-electron chi connectivity index (χ2n) is 5.85. The molecule has 0 saturated heterocycles.